The molecule has 1 heterocycles. The first-order valence-corrected chi connectivity index (χ1v) is 6.53. The number of aryl methyl sites for hydroxylation is 1. The molecule has 0 aliphatic carbocycles. The van der Waals surface area contributed by atoms with E-state index in [0.717, 1.165) is 10.5 Å². The van der Waals surface area contributed by atoms with E-state index < -0.39 is 10.8 Å². The fourth-order valence-corrected chi connectivity index (χ4v) is 2.32. The first kappa shape index (κ1) is 14.7. The number of carbonyl (C=O) groups is 1. The maximum absolute atomic E-state index is 12.1. The van der Waals surface area contributed by atoms with E-state index in [1.807, 2.05) is 6.07 Å². The molecule has 0 fully saturated rings. The third kappa shape index (κ3) is 3.09. The van der Waals surface area contributed by atoms with E-state index >= 15 is 0 Å². The van der Waals surface area contributed by atoms with Gasteiger partial charge in [-0.05, 0) is 34.1 Å². The quantitative estimate of drug-likeness (QED) is 0.680. The average Bonchev–Trinajstić information content (AvgIpc) is 2.78. The van der Waals surface area contributed by atoms with Crippen LogP contribution in [0, 0.1) is 21.4 Å². The van der Waals surface area contributed by atoms with Crippen molar-refractivity contribution in [2.75, 3.05) is 5.32 Å². The molecule has 0 bridgehead atoms. The zero-order valence-electron chi connectivity index (χ0n) is 10.8. The molecule has 0 saturated carbocycles. The summed E-state index contributed by atoms with van der Waals surface area (Å²) >= 11 is 3.25. The molecule has 2 rings (SSSR count). The van der Waals surface area contributed by atoms with Crippen molar-refractivity contribution in [3.63, 3.8) is 0 Å². The molecule has 1 N–H and O–H groups in total. The second kappa shape index (κ2) is 5.76. The topological polar surface area (TPSA) is 101 Å². The van der Waals surface area contributed by atoms with Gasteiger partial charge in [0.15, 0.2) is 0 Å². The van der Waals surface area contributed by atoms with Crippen LogP contribution < -0.4 is 5.32 Å². The number of carbonyl (C=O) groups excluding carboxylic acids is 1. The van der Waals surface area contributed by atoms with Gasteiger partial charge >= 0.3 is 0 Å². The zero-order valence-corrected chi connectivity index (χ0v) is 12.4. The molecule has 21 heavy (non-hydrogen) atoms. The number of hydrogen-bond donors (Lipinski definition) is 1. The number of nitrogens with one attached hydrogen (secondary N) is 1. The van der Waals surface area contributed by atoms with Crippen molar-refractivity contribution in [1.29, 1.82) is 5.26 Å². The molecule has 0 aliphatic rings. The smallest absolute Gasteiger partial charge is 0.294 e. The first-order chi connectivity index (χ1) is 9.92. The molecule has 7 nitrogen and oxygen atoms in total. The minimum Gasteiger partial charge on any atom is -0.345 e. The highest BCUT2D eigenvalue weighted by molar-refractivity contribution is 9.10. The number of nitriles is 1. The number of hydrogen-bond acceptors (Lipinski definition) is 4. The molecular weight excluding hydrogens is 340 g/mol. The van der Waals surface area contributed by atoms with Gasteiger partial charge in [0.05, 0.1) is 16.6 Å². The summed E-state index contributed by atoms with van der Waals surface area (Å²) in [6, 6.07) is 7.29. The van der Waals surface area contributed by atoms with Gasteiger partial charge in [0.2, 0.25) is 0 Å². The van der Waals surface area contributed by atoms with E-state index in [9.17, 15) is 14.9 Å². The maximum Gasteiger partial charge on any atom is 0.294 e. The summed E-state index contributed by atoms with van der Waals surface area (Å²) in [6.07, 6.45) is 1.70. The van der Waals surface area contributed by atoms with Gasteiger partial charge in [-0.25, -0.2) is 0 Å². The van der Waals surface area contributed by atoms with Crippen molar-refractivity contribution >= 4 is 33.2 Å². The highest BCUT2D eigenvalue weighted by Crippen LogP contribution is 2.26. The van der Waals surface area contributed by atoms with Gasteiger partial charge in [-0.1, -0.05) is 0 Å². The van der Waals surface area contributed by atoms with Gasteiger partial charge in [-0.2, -0.15) is 5.26 Å². The Bertz CT molecular complexity index is 776. The number of amides is 1. The Morgan fingerprint density at radius 2 is 2.19 bits per heavy atom. The normalized spacial score (nSPS) is 9.95. The van der Waals surface area contributed by atoms with E-state index in [1.165, 1.54) is 12.1 Å². The molecule has 0 unspecified atom stereocenters. The molecule has 0 spiro atoms. The van der Waals surface area contributed by atoms with Crippen molar-refractivity contribution in [2.24, 2.45) is 7.05 Å². The zero-order chi connectivity index (χ0) is 15.6. The monoisotopic (exact) mass is 348 g/mol. The van der Waals surface area contributed by atoms with Crippen molar-refractivity contribution in [3.8, 4) is 6.07 Å². The van der Waals surface area contributed by atoms with E-state index in [0.29, 0.717) is 5.69 Å². The lowest BCUT2D eigenvalue weighted by atomic mass is 10.2. The average molecular weight is 349 g/mol. The standard InChI is InChI=1S/C13H9BrN4O3/c1-17-7-9(14)5-12(17)13(19)16-10-3-2-8(6-15)4-11(10)18(20)21/h2-5,7H,1H3,(H,16,19). The summed E-state index contributed by atoms with van der Waals surface area (Å²) in [5.74, 6) is -0.476. The van der Waals surface area contributed by atoms with Crippen molar-refractivity contribution in [3.05, 3.63) is 56.3 Å². The lowest BCUT2D eigenvalue weighted by Crippen LogP contribution is -2.16. The Hall–Kier alpha value is -2.66. The van der Waals surface area contributed by atoms with Crippen LogP contribution in [0.3, 0.4) is 0 Å². The van der Waals surface area contributed by atoms with Crippen molar-refractivity contribution < 1.29 is 9.72 Å². The van der Waals surface area contributed by atoms with Gasteiger partial charge in [0.1, 0.15) is 11.4 Å². The Balaban J connectivity index is 2.35. The van der Waals surface area contributed by atoms with Crippen LogP contribution in [0.15, 0.2) is 34.9 Å². The number of aromatic nitrogens is 1. The minimum atomic E-state index is -0.642. The molecule has 0 aliphatic heterocycles. The summed E-state index contributed by atoms with van der Waals surface area (Å²) in [5, 5.41) is 22.3. The SMILES string of the molecule is Cn1cc(Br)cc1C(=O)Nc1ccc(C#N)cc1[N+](=O)[O-]. The number of anilines is 1. The minimum absolute atomic E-state index is 0.0429. The number of rotatable bonds is 3. The van der Waals surface area contributed by atoms with E-state index in [1.54, 1.807) is 23.9 Å². The Morgan fingerprint density at radius 3 is 2.71 bits per heavy atom. The summed E-state index contributed by atoms with van der Waals surface area (Å²) < 4.78 is 2.32. The van der Waals surface area contributed by atoms with Gasteiger partial charge in [0, 0.05) is 23.8 Å². The van der Waals surface area contributed by atoms with Gasteiger partial charge < -0.3 is 9.88 Å². The third-order valence-corrected chi connectivity index (χ3v) is 3.21. The number of halogens is 1. The van der Waals surface area contributed by atoms with Crippen molar-refractivity contribution in [2.45, 2.75) is 0 Å². The molecule has 1 aromatic carbocycles. The highest BCUT2D eigenvalue weighted by Gasteiger charge is 2.19. The molecule has 0 radical (unpaired) electrons. The lowest BCUT2D eigenvalue weighted by Gasteiger charge is -2.06. The van der Waals surface area contributed by atoms with Crippen LogP contribution >= 0.6 is 15.9 Å². The molecule has 1 aromatic heterocycles. The number of nitro groups is 1. The van der Waals surface area contributed by atoms with Crippen LogP contribution in [-0.4, -0.2) is 15.4 Å². The molecule has 8 heteroatoms. The number of nitrogens with zero attached hydrogens (tertiary/aromatic N) is 3. The summed E-state index contributed by atoms with van der Waals surface area (Å²) in [6.45, 7) is 0. The molecule has 106 valence electrons. The summed E-state index contributed by atoms with van der Waals surface area (Å²) in [5.41, 5.74) is 0.221. The van der Waals surface area contributed by atoms with Crippen LogP contribution in [0.25, 0.3) is 0 Å². The predicted octanol–water partition coefficient (Wildman–Crippen LogP) is 2.82. The van der Waals surface area contributed by atoms with E-state index in [-0.39, 0.29) is 16.9 Å². The molecule has 1 amide bonds. The van der Waals surface area contributed by atoms with Crippen molar-refractivity contribution in [1.82, 2.24) is 4.57 Å². The third-order valence-electron chi connectivity index (χ3n) is 2.78. The Morgan fingerprint density at radius 1 is 1.48 bits per heavy atom. The van der Waals surface area contributed by atoms with E-state index in [2.05, 4.69) is 21.2 Å². The molecule has 2 aromatic rings. The Labute approximate surface area is 128 Å². The van der Waals surface area contributed by atoms with Gasteiger partial charge in [-0.15, -0.1) is 0 Å². The van der Waals surface area contributed by atoms with E-state index in [4.69, 9.17) is 5.26 Å². The van der Waals surface area contributed by atoms with Crippen LogP contribution in [0.2, 0.25) is 0 Å². The van der Waals surface area contributed by atoms with Gasteiger partial charge in [0.25, 0.3) is 11.6 Å². The second-order valence-electron chi connectivity index (χ2n) is 4.21. The summed E-state index contributed by atoms with van der Waals surface area (Å²) in [4.78, 5) is 22.5. The van der Waals surface area contributed by atoms with Crippen LogP contribution in [0.1, 0.15) is 16.1 Å². The Kier molecular flexibility index (Phi) is 4.05. The number of benzene rings is 1. The maximum atomic E-state index is 12.1. The van der Waals surface area contributed by atoms with Crippen LogP contribution in [0.5, 0.6) is 0 Å². The molecular formula is C13H9BrN4O3. The number of nitro benzene ring substituents is 1. The largest absolute Gasteiger partial charge is 0.345 e. The van der Waals surface area contributed by atoms with Gasteiger partial charge in [-0.3, -0.25) is 14.9 Å². The fourth-order valence-electron chi connectivity index (χ4n) is 1.79. The van der Waals surface area contributed by atoms with Crippen LogP contribution in [-0.2, 0) is 7.05 Å². The highest BCUT2D eigenvalue weighted by atomic mass is 79.9. The first-order valence-electron chi connectivity index (χ1n) is 5.74. The predicted molar refractivity (Wildman–Crippen MR) is 78.9 cm³/mol. The summed E-state index contributed by atoms with van der Waals surface area (Å²) in [7, 11) is 1.69. The molecule has 0 saturated heterocycles. The fraction of sp³-hybridized carbons (Fsp3) is 0.0769. The lowest BCUT2D eigenvalue weighted by molar-refractivity contribution is -0.383. The van der Waals surface area contributed by atoms with Crippen LogP contribution in [0.4, 0.5) is 11.4 Å². The molecule has 0 atom stereocenters. The second-order valence-corrected chi connectivity index (χ2v) is 5.13.